The maximum Gasteiger partial charge on any atom is 0.0517 e. The zero-order chi connectivity index (χ0) is 16.8. The Kier molecular flexibility index (Phi) is 4.16. The molecule has 23 heavy (non-hydrogen) atoms. The number of nitrogens with zero attached hydrogens (tertiary/aromatic N) is 1. The fraction of sp³-hybridized carbons (Fsp3) is 0.381. The summed E-state index contributed by atoms with van der Waals surface area (Å²) in [6, 6.07) is 15.6. The van der Waals surface area contributed by atoms with Crippen molar-refractivity contribution >= 4 is 28.3 Å². The van der Waals surface area contributed by atoms with Crippen LogP contribution in [0.1, 0.15) is 55.5 Å². The minimum Gasteiger partial charge on any atom is -0.292 e. The number of fused-ring (bicyclic) bond motifs is 2. The van der Waals surface area contributed by atoms with Gasteiger partial charge in [-0.15, -0.1) is 0 Å². The first kappa shape index (κ1) is 16.7. The van der Waals surface area contributed by atoms with Crippen LogP contribution in [0.4, 0.5) is 0 Å². The summed E-state index contributed by atoms with van der Waals surface area (Å²) in [6.07, 6.45) is 0. The Labute approximate surface area is 153 Å². The molecule has 0 spiro atoms. The highest BCUT2D eigenvalue weighted by Gasteiger charge is 2.42. The first-order valence-corrected chi connectivity index (χ1v) is 9.64. The Balaban J connectivity index is 2.41. The molecule has 0 atom stereocenters. The Morgan fingerprint density at radius 2 is 1.43 bits per heavy atom. The number of rotatable bonds is 2. The molecular formula is C21H24IN. The number of halogens is 1. The molecule has 0 radical (unpaired) electrons. The van der Waals surface area contributed by atoms with Crippen molar-refractivity contribution in [2.75, 3.05) is 11.5 Å². The third-order valence-corrected chi connectivity index (χ3v) is 6.07. The molecular weight excluding hydrogens is 393 g/mol. The minimum absolute atomic E-state index is 0.0141. The summed E-state index contributed by atoms with van der Waals surface area (Å²) in [6.45, 7) is 9.39. The fourth-order valence-corrected chi connectivity index (χ4v) is 4.84. The number of hydrogen-bond donors (Lipinski definition) is 0. The molecule has 2 heteroatoms. The molecule has 0 N–H and O–H groups in total. The van der Waals surface area contributed by atoms with Crippen molar-refractivity contribution in [2.45, 2.75) is 38.5 Å². The second-order valence-corrected chi connectivity index (χ2v) is 8.09. The molecule has 2 aromatic rings. The minimum atomic E-state index is -0.0141. The van der Waals surface area contributed by atoms with Gasteiger partial charge in [-0.3, -0.25) is 4.99 Å². The average Bonchev–Trinajstić information content (AvgIpc) is 2.54. The number of hydrogen-bond acceptors (Lipinski definition) is 1. The van der Waals surface area contributed by atoms with Crippen LogP contribution in [0.2, 0.25) is 0 Å². The first-order chi connectivity index (χ1) is 10.9. The Morgan fingerprint density at radius 3 is 2.00 bits per heavy atom. The lowest BCUT2D eigenvalue weighted by atomic mass is 9.59. The molecule has 1 nitrogen and oxygen atoms in total. The zero-order valence-corrected chi connectivity index (χ0v) is 16.7. The lowest BCUT2D eigenvalue weighted by Crippen LogP contribution is -2.38. The molecule has 120 valence electrons. The van der Waals surface area contributed by atoms with E-state index in [0.717, 1.165) is 4.43 Å². The quantitative estimate of drug-likeness (QED) is 0.347. The topological polar surface area (TPSA) is 12.4 Å². The Morgan fingerprint density at radius 1 is 0.870 bits per heavy atom. The largest absolute Gasteiger partial charge is 0.292 e. The van der Waals surface area contributed by atoms with Gasteiger partial charge in [0, 0.05) is 27.9 Å². The van der Waals surface area contributed by atoms with Gasteiger partial charge in [0.2, 0.25) is 0 Å². The highest BCUT2D eigenvalue weighted by atomic mass is 127. The van der Waals surface area contributed by atoms with Crippen LogP contribution in [-0.4, -0.2) is 17.2 Å². The van der Waals surface area contributed by atoms with Gasteiger partial charge >= 0.3 is 0 Å². The highest BCUT2D eigenvalue weighted by molar-refractivity contribution is 14.1. The fourth-order valence-electron chi connectivity index (χ4n) is 4.09. The van der Waals surface area contributed by atoms with Gasteiger partial charge in [0.1, 0.15) is 0 Å². The van der Waals surface area contributed by atoms with E-state index in [9.17, 15) is 0 Å². The van der Waals surface area contributed by atoms with Gasteiger partial charge in [0.05, 0.1) is 5.71 Å². The zero-order valence-electron chi connectivity index (χ0n) is 14.6. The van der Waals surface area contributed by atoms with E-state index in [4.69, 9.17) is 0 Å². The maximum atomic E-state index is 4.56. The van der Waals surface area contributed by atoms with Gasteiger partial charge in [0.25, 0.3) is 0 Å². The smallest absolute Gasteiger partial charge is 0.0517 e. The van der Waals surface area contributed by atoms with Crippen LogP contribution >= 0.6 is 22.6 Å². The maximum absolute atomic E-state index is 4.56. The Hall–Kier alpha value is -1.16. The van der Waals surface area contributed by atoms with Crippen molar-refractivity contribution in [3.63, 3.8) is 0 Å². The molecule has 1 aliphatic carbocycles. The summed E-state index contributed by atoms with van der Waals surface area (Å²) in [7, 11) is 1.91. The molecule has 0 amide bonds. The molecule has 0 aliphatic heterocycles. The van der Waals surface area contributed by atoms with Gasteiger partial charge in [-0.05, 0) is 22.3 Å². The average molecular weight is 417 g/mol. The van der Waals surface area contributed by atoms with Crippen LogP contribution in [0.3, 0.4) is 0 Å². The lowest BCUT2D eigenvalue weighted by molar-refractivity contribution is 0.520. The van der Waals surface area contributed by atoms with Crippen molar-refractivity contribution in [3.8, 4) is 0 Å². The second-order valence-electron chi connectivity index (χ2n) is 7.33. The van der Waals surface area contributed by atoms with Crippen LogP contribution in [0.5, 0.6) is 0 Å². The SMILES string of the molecule is C/N=C(\CI)c1cccc2c1C(C)(C)c1ccccc1C2(C)C. The molecule has 0 bridgehead atoms. The normalized spacial score (nSPS) is 18.3. The molecule has 3 rings (SSSR count). The number of alkyl halides is 1. The highest BCUT2D eigenvalue weighted by Crippen LogP contribution is 2.50. The standard InChI is InChI=1S/C21H24IN/c1-20(2)15-10-6-7-11-16(15)21(3,4)19-14(18(13-22)23-5)9-8-12-17(19)20/h6-12H,13H2,1-5H3/b23-18+. The van der Waals surface area contributed by atoms with E-state index in [0.29, 0.717) is 0 Å². The molecule has 1 aliphatic rings. The summed E-state index contributed by atoms with van der Waals surface area (Å²) in [5.41, 5.74) is 8.26. The van der Waals surface area contributed by atoms with Crippen molar-refractivity contribution in [1.29, 1.82) is 0 Å². The molecule has 0 aromatic heterocycles. The van der Waals surface area contributed by atoms with E-state index >= 15 is 0 Å². The van der Waals surface area contributed by atoms with Crippen molar-refractivity contribution in [2.24, 2.45) is 4.99 Å². The third kappa shape index (κ3) is 2.37. The predicted octanol–water partition coefficient (Wildman–Crippen LogP) is 5.51. The third-order valence-electron chi connectivity index (χ3n) is 5.34. The predicted molar refractivity (Wildman–Crippen MR) is 108 cm³/mol. The number of aliphatic imine (C=N–C) groups is 1. The number of benzene rings is 2. The van der Waals surface area contributed by atoms with E-state index in [-0.39, 0.29) is 10.8 Å². The van der Waals surface area contributed by atoms with E-state index in [1.165, 1.54) is 33.5 Å². The van der Waals surface area contributed by atoms with E-state index in [1.807, 2.05) is 7.05 Å². The van der Waals surface area contributed by atoms with Gasteiger partial charge in [-0.1, -0.05) is 92.8 Å². The molecule has 2 aromatic carbocycles. The summed E-state index contributed by atoms with van der Waals surface area (Å²) in [5, 5.41) is 0. The first-order valence-electron chi connectivity index (χ1n) is 8.11. The molecule has 0 saturated heterocycles. The van der Waals surface area contributed by atoms with E-state index in [2.05, 4.69) is 97.7 Å². The van der Waals surface area contributed by atoms with Crippen LogP contribution in [0.25, 0.3) is 0 Å². The van der Waals surface area contributed by atoms with Crippen LogP contribution in [0, 0.1) is 0 Å². The van der Waals surface area contributed by atoms with Crippen molar-refractivity contribution < 1.29 is 0 Å². The monoisotopic (exact) mass is 417 g/mol. The van der Waals surface area contributed by atoms with E-state index in [1.54, 1.807) is 0 Å². The lowest BCUT2D eigenvalue weighted by Gasteiger charge is -2.45. The van der Waals surface area contributed by atoms with Crippen LogP contribution < -0.4 is 0 Å². The van der Waals surface area contributed by atoms with Gasteiger partial charge in [-0.2, -0.15) is 0 Å². The van der Waals surface area contributed by atoms with Gasteiger partial charge in [0.15, 0.2) is 0 Å². The summed E-state index contributed by atoms with van der Waals surface area (Å²) < 4.78 is 0.933. The van der Waals surface area contributed by atoms with Crippen LogP contribution in [0.15, 0.2) is 47.5 Å². The van der Waals surface area contributed by atoms with Gasteiger partial charge < -0.3 is 0 Å². The summed E-state index contributed by atoms with van der Waals surface area (Å²) >= 11 is 2.42. The summed E-state index contributed by atoms with van der Waals surface area (Å²) in [5.74, 6) is 0. The van der Waals surface area contributed by atoms with Crippen LogP contribution in [-0.2, 0) is 10.8 Å². The van der Waals surface area contributed by atoms with Gasteiger partial charge in [-0.25, -0.2) is 0 Å². The molecule has 0 unspecified atom stereocenters. The Bertz CT molecular complexity index is 784. The summed E-state index contributed by atoms with van der Waals surface area (Å²) in [4.78, 5) is 4.56. The van der Waals surface area contributed by atoms with Crippen molar-refractivity contribution in [3.05, 3.63) is 70.3 Å². The molecule has 0 heterocycles. The molecule has 0 fully saturated rings. The second kappa shape index (κ2) is 5.73. The van der Waals surface area contributed by atoms with Crippen molar-refractivity contribution in [1.82, 2.24) is 0 Å². The van der Waals surface area contributed by atoms with E-state index < -0.39 is 0 Å². The molecule has 0 saturated carbocycles.